The van der Waals surface area contributed by atoms with E-state index < -0.39 is 12.2 Å². The number of ether oxygens (including phenoxy) is 1. The van der Waals surface area contributed by atoms with E-state index in [2.05, 4.69) is 5.32 Å². The summed E-state index contributed by atoms with van der Waals surface area (Å²) in [5, 5.41) is 3.36. The molecule has 0 aliphatic carbocycles. The van der Waals surface area contributed by atoms with Crippen LogP contribution in [0.2, 0.25) is 0 Å². The van der Waals surface area contributed by atoms with Gasteiger partial charge in [-0.15, -0.1) is 0 Å². The lowest BCUT2D eigenvalue weighted by molar-refractivity contribution is -0.138. The Labute approximate surface area is 193 Å². The Hall–Kier alpha value is -3.39. The van der Waals surface area contributed by atoms with Gasteiger partial charge in [-0.25, -0.2) is 4.79 Å². The van der Waals surface area contributed by atoms with E-state index in [-0.39, 0.29) is 24.6 Å². The molecule has 3 saturated heterocycles. The fourth-order valence-electron chi connectivity index (χ4n) is 4.71. The van der Waals surface area contributed by atoms with Crippen molar-refractivity contribution in [2.24, 2.45) is 4.99 Å². The van der Waals surface area contributed by atoms with Crippen molar-refractivity contribution >= 4 is 17.9 Å². The average Bonchev–Trinajstić information content (AvgIpc) is 3.49. The smallest absolute Gasteiger partial charge is 0.328 e. The SMILES string of the molecule is CN1C(=O)N(Cc2ccccc2)C(=O)[C@@H]2[C@@H]1NC(=NC[C@H]1CCCO1)N2Cc1ccccc1. The lowest BCUT2D eigenvalue weighted by Crippen LogP contribution is -2.65. The maximum absolute atomic E-state index is 13.7. The fraction of sp³-hybridized carbons (Fsp3) is 0.400. The number of carbonyl (C=O) groups is 2. The first-order valence-electron chi connectivity index (χ1n) is 11.5. The van der Waals surface area contributed by atoms with Gasteiger partial charge in [-0.05, 0) is 24.0 Å². The van der Waals surface area contributed by atoms with E-state index in [0.29, 0.717) is 19.0 Å². The Morgan fingerprint density at radius 1 is 1.00 bits per heavy atom. The minimum absolute atomic E-state index is 0.102. The Bertz CT molecular complexity index is 1020. The van der Waals surface area contributed by atoms with Crippen LogP contribution in [0, 0.1) is 0 Å². The second-order valence-electron chi connectivity index (χ2n) is 8.75. The molecule has 2 aromatic carbocycles. The first-order chi connectivity index (χ1) is 16.1. The van der Waals surface area contributed by atoms with Crippen LogP contribution < -0.4 is 5.32 Å². The van der Waals surface area contributed by atoms with Crippen LogP contribution in [0.4, 0.5) is 4.79 Å². The third kappa shape index (κ3) is 4.30. The van der Waals surface area contributed by atoms with Gasteiger partial charge >= 0.3 is 6.03 Å². The zero-order valence-electron chi connectivity index (χ0n) is 18.8. The molecule has 0 bridgehead atoms. The Kier molecular flexibility index (Phi) is 6.00. The molecule has 0 aromatic heterocycles. The highest BCUT2D eigenvalue weighted by Crippen LogP contribution is 2.28. The average molecular weight is 448 g/mol. The molecule has 8 heteroatoms. The van der Waals surface area contributed by atoms with Gasteiger partial charge in [0.05, 0.1) is 19.2 Å². The van der Waals surface area contributed by atoms with E-state index in [9.17, 15) is 9.59 Å². The molecular weight excluding hydrogens is 418 g/mol. The zero-order valence-corrected chi connectivity index (χ0v) is 18.8. The van der Waals surface area contributed by atoms with Crippen LogP contribution in [0.3, 0.4) is 0 Å². The van der Waals surface area contributed by atoms with Crippen LogP contribution in [-0.2, 0) is 22.6 Å². The second kappa shape index (κ2) is 9.23. The summed E-state index contributed by atoms with van der Waals surface area (Å²) in [5.74, 6) is 0.427. The quantitative estimate of drug-likeness (QED) is 0.736. The predicted molar refractivity (Wildman–Crippen MR) is 124 cm³/mol. The summed E-state index contributed by atoms with van der Waals surface area (Å²) >= 11 is 0. The summed E-state index contributed by atoms with van der Waals surface area (Å²) in [7, 11) is 1.74. The molecule has 1 N–H and O–H groups in total. The highest BCUT2D eigenvalue weighted by atomic mass is 16.5. The van der Waals surface area contributed by atoms with Crippen molar-refractivity contribution in [1.29, 1.82) is 0 Å². The molecule has 5 rings (SSSR count). The number of hydrogen-bond donors (Lipinski definition) is 1. The van der Waals surface area contributed by atoms with E-state index in [1.54, 1.807) is 11.9 Å². The molecule has 3 aliphatic heterocycles. The van der Waals surface area contributed by atoms with Crippen molar-refractivity contribution < 1.29 is 14.3 Å². The normalized spacial score (nSPS) is 26.2. The van der Waals surface area contributed by atoms with Gasteiger partial charge in [0, 0.05) is 20.2 Å². The van der Waals surface area contributed by atoms with E-state index in [1.165, 1.54) is 4.90 Å². The minimum Gasteiger partial charge on any atom is -0.376 e. The number of nitrogens with one attached hydrogen (secondary N) is 1. The van der Waals surface area contributed by atoms with Crippen LogP contribution in [-0.4, -0.2) is 71.1 Å². The predicted octanol–water partition coefficient (Wildman–Crippen LogP) is 2.42. The van der Waals surface area contributed by atoms with E-state index in [4.69, 9.17) is 9.73 Å². The monoisotopic (exact) mass is 447 g/mol. The fourth-order valence-corrected chi connectivity index (χ4v) is 4.71. The Morgan fingerprint density at radius 2 is 1.67 bits per heavy atom. The van der Waals surface area contributed by atoms with Crippen LogP contribution in [0.25, 0.3) is 0 Å². The van der Waals surface area contributed by atoms with Crippen molar-refractivity contribution in [3.05, 3.63) is 71.8 Å². The molecule has 0 spiro atoms. The van der Waals surface area contributed by atoms with Gasteiger partial charge in [-0.1, -0.05) is 60.7 Å². The lowest BCUT2D eigenvalue weighted by Gasteiger charge is -2.41. The molecular formula is C25H29N5O3. The standard InChI is InChI=1S/C25H29N5O3/c1-28-22-21(23(31)30(25(28)32)17-19-11-6-3-7-12-19)29(16-18-9-4-2-5-10-18)24(27-22)26-15-20-13-8-14-33-20/h2-7,9-12,20-22H,8,13-17H2,1H3,(H,26,27)/t20-,21+,22-/m1/s1. The molecule has 3 heterocycles. The first-order valence-corrected chi connectivity index (χ1v) is 11.5. The van der Waals surface area contributed by atoms with Crippen LogP contribution >= 0.6 is 0 Å². The number of guanidine groups is 1. The summed E-state index contributed by atoms with van der Waals surface area (Å²) in [6.45, 7) is 2.07. The van der Waals surface area contributed by atoms with E-state index in [1.807, 2.05) is 65.6 Å². The molecule has 0 unspecified atom stereocenters. The van der Waals surface area contributed by atoms with Gasteiger partial charge in [0.1, 0.15) is 6.17 Å². The van der Waals surface area contributed by atoms with Crippen LogP contribution in [0.15, 0.2) is 65.7 Å². The summed E-state index contributed by atoms with van der Waals surface area (Å²) in [6, 6.07) is 18.8. The van der Waals surface area contributed by atoms with Gasteiger partial charge in [-0.3, -0.25) is 14.7 Å². The maximum atomic E-state index is 13.7. The number of likely N-dealkylation sites (N-methyl/N-ethyl adjacent to an activating group) is 1. The Morgan fingerprint density at radius 3 is 2.30 bits per heavy atom. The molecule has 0 radical (unpaired) electrons. The van der Waals surface area contributed by atoms with Crippen molar-refractivity contribution in [2.75, 3.05) is 20.2 Å². The minimum atomic E-state index is -0.556. The van der Waals surface area contributed by atoms with Crippen LogP contribution in [0.5, 0.6) is 0 Å². The lowest BCUT2D eigenvalue weighted by atomic mass is 10.1. The molecule has 3 amide bonds. The second-order valence-corrected chi connectivity index (χ2v) is 8.75. The number of amides is 3. The summed E-state index contributed by atoms with van der Waals surface area (Å²) in [6.07, 6.45) is 1.67. The molecule has 0 saturated carbocycles. The summed E-state index contributed by atoms with van der Waals surface area (Å²) < 4.78 is 5.73. The number of aliphatic imine (C=N–C) groups is 1. The van der Waals surface area contributed by atoms with Crippen molar-refractivity contribution in [3.63, 3.8) is 0 Å². The van der Waals surface area contributed by atoms with Gasteiger partial charge in [0.2, 0.25) is 0 Å². The van der Waals surface area contributed by atoms with Crippen molar-refractivity contribution in [1.82, 2.24) is 20.0 Å². The molecule has 33 heavy (non-hydrogen) atoms. The number of fused-ring (bicyclic) bond motifs is 1. The molecule has 3 aliphatic rings. The highest BCUT2D eigenvalue weighted by Gasteiger charge is 2.53. The molecule has 172 valence electrons. The summed E-state index contributed by atoms with van der Waals surface area (Å²) in [4.78, 5) is 36.6. The number of urea groups is 1. The molecule has 8 nitrogen and oxygen atoms in total. The third-order valence-corrected chi connectivity index (χ3v) is 6.50. The topological polar surface area (TPSA) is 77.5 Å². The van der Waals surface area contributed by atoms with Crippen molar-refractivity contribution in [3.8, 4) is 0 Å². The van der Waals surface area contributed by atoms with E-state index in [0.717, 1.165) is 30.6 Å². The van der Waals surface area contributed by atoms with Crippen LogP contribution in [0.1, 0.15) is 24.0 Å². The van der Waals surface area contributed by atoms with E-state index >= 15 is 0 Å². The Balaban J connectivity index is 1.45. The number of rotatable bonds is 6. The summed E-state index contributed by atoms with van der Waals surface area (Å²) in [5.41, 5.74) is 1.99. The largest absolute Gasteiger partial charge is 0.376 e. The van der Waals surface area contributed by atoms with Gasteiger partial charge in [0.25, 0.3) is 5.91 Å². The third-order valence-electron chi connectivity index (χ3n) is 6.50. The number of imide groups is 1. The molecule has 2 aromatic rings. The van der Waals surface area contributed by atoms with Crippen molar-refractivity contribution in [2.45, 2.75) is 44.2 Å². The number of hydrogen-bond acceptors (Lipinski definition) is 4. The molecule has 3 fully saturated rings. The number of benzene rings is 2. The molecule has 3 atom stereocenters. The zero-order chi connectivity index (χ0) is 22.8. The van der Waals surface area contributed by atoms with Gasteiger partial charge in [0.15, 0.2) is 12.0 Å². The van der Waals surface area contributed by atoms with Gasteiger partial charge in [-0.2, -0.15) is 0 Å². The number of nitrogens with zero attached hydrogens (tertiary/aromatic N) is 4. The van der Waals surface area contributed by atoms with Gasteiger partial charge < -0.3 is 19.9 Å². The first kappa shape index (κ1) is 21.5. The maximum Gasteiger partial charge on any atom is 0.328 e. The number of carbonyl (C=O) groups excluding carboxylic acids is 2. The highest BCUT2D eigenvalue weighted by molar-refractivity contribution is 6.04.